The third-order valence-electron chi connectivity index (χ3n) is 2.71. The third-order valence-corrected chi connectivity index (χ3v) is 2.71. The maximum atomic E-state index is 11.5. The van der Waals surface area contributed by atoms with Gasteiger partial charge in [-0.1, -0.05) is 12.1 Å². The molecule has 1 fully saturated rings. The van der Waals surface area contributed by atoms with E-state index in [9.17, 15) is 14.8 Å². The number of phenols is 1. The van der Waals surface area contributed by atoms with Crippen LogP contribution in [0.4, 0.5) is 4.79 Å². The van der Waals surface area contributed by atoms with Crippen molar-refractivity contribution in [3.05, 3.63) is 35.0 Å². The van der Waals surface area contributed by atoms with E-state index in [2.05, 4.69) is 0 Å². The predicted octanol–water partition coefficient (Wildman–Crippen LogP) is -0.817. The second-order valence-electron chi connectivity index (χ2n) is 4.01. The summed E-state index contributed by atoms with van der Waals surface area (Å²) in [5.74, 6) is -0.777. The Balaban J connectivity index is 2.06. The van der Waals surface area contributed by atoms with Crippen LogP contribution in [0, 0.1) is 11.1 Å². The van der Waals surface area contributed by atoms with E-state index in [4.69, 9.17) is 5.11 Å². The van der Waals surface area contributed by atoms with Crippen molar-refractivity contribution in [3.8, 4) is 5.75 Å². The van der Waals surface area contributed by atoms with Crippen LogP contribution in [0.3, 0.4) is 0 Å². The van der Waals surface area contributed by atoms with Crippen LogP contribution in [0.25, 0.3) is 0 Å². The molecule has 3 N–H and O–H groups in total. The average Bonchev–Trinajstić information content (AvgIpc) is 2.29. The molecule has 2 atom stereocenters. The molecule has 17 heavy (non-hydrogen) atoms. The maximum absolute atomic E-state index is 11.5. The molecular weight excluding hydrogens is 224 g/mol. The zero-order chi connectivity index (χ0) is 12.4. The molecule has 0 saturated carbocycles. The SMILES string of the molecule is O=C1NC(=O)[NH+]([O-])CC1Cc1ccc(O)cc1. The molecule has 0 aliphatic carbocycles. The minimum Gasteiger partial charge on any atom is -0.625 e. The number of rotatable bonds is 2. The summed E-state index contributed by atoms with van der Waals surface area (Å²) < 4.78 is 0. The van der Waals surface area contributed by atoms with E-state index >= 15 is 0 Å². The summed E-state index contributed by atoms with van der Waals surface area (Å²) in [6.07, 6.45) is 0.380. The van der Waals surface area contributed by atoms with E-state index in [0.29, 0.717) is 6.42 Å². The zero-order valence-corrected chi connectivity index (χ0v) is 8.97. The van der Waals surface area contributed by atoms with Crippen molar-refractivity contribution in [2.75, 3.05) is 6.54 Å². The van der Waals surface area contributed by atoms with Gasteiger partial charge in [0.15, 0.2) is 0 Å². The van der Waals surface area contributed by atoms with Crippen LogP contribution in [0.1, 0.15) is 5.56 Å². The summed E-state index contributed by atoms with van der Waals surface area (Å²) in [4.78, 5) is 22.4. The van der Waals surface area contributed by atoms with Crippen LogP contribution in [-0.4, -0.2) is 23.6 Å². The van der Waals surface area contributed by atoms with E-state index < -0.39 is 22.9 Å². The summed E-state index contributed by atoms with van der Waals surface area (Å²) in [5.41, 5.74) is 0.838. The van der Waals surface area contributed by atoms with Gasteiger partial charge in [0.2, 0.25) is 5.91 Å². The van der Waals surface area contributed by atoms with Gasteiger partial charge in [-0.05, 0) is 24.1 Å². The summed E-state index contributed by atoms with van der Waals surface area (Å²) in [6.45, 7) is -0.0501. The number of hydroxylamine groups is 2. The number of benzene rings is 1. The molecule has 1 aliphatic heterocycles. The first-order valence-electron chi connectivity index (χ1n) is 5.22. The molecule has 2 unspecified atom stereocenters. The van der Waals surface area contributed by atoms with E-state index in [-0.39, 0.29) is 12.3 Å². The highest BCUT2D eigenvalue weighted by Crippen LogP contribution is 2.13. The Labute approximate surface area is 97.4 Å². The lowest BCUT2D eigenvalue weighted by atomic mass is 9.97. The molecule has 2 rings (SSSR count). The fourth-order valence-electron chi connectivity index (χ4n) is 1.77. The number of hydrogen-bond acceptors (Lipinski definition) is 4. The van der Waals surface area contributed by atoms with E-state index in [1.807, 2.05) is 5.32 Å². The number of carbonyl (C=O) groups excluding carboxylic acids is 2. The summed E-state index contributed by atoms with van der Waals surface area (Å²) in [6, 6.07) is 5.58. The number of urea groups is 1. The Morgan fingerprint density at radius 1 is 1.35 bits per heavy atom. The highest BCUT2D eigenvalue weighted by Gasteiger charge is 2.32. The molecule has 1 aliphatic rings. The van der Waals surface area contributed by atoms with Gasteiger partial charge in [0, 0.05) is 0 Å². The first-order chi connectivity index (χ1) is 8.06. The van der Waals surface area contributed by atoms with E-state index in [0.717, 1.165) is 5.56 Å². The second kappa shape index (κ2) is 4.52. The standard InChI is InChI=1S/C11H12N2O4/c14-9-3-1-7(2-4-9)5-8-6-13(17)11(16)12-10(8)15/h1-4,8,13-14H,5-6H2,(H,12,15,16). The number of quaternary nitrogens is 1. The van der Waals surface area contributed by atoms with Crippen LogP contribution in [0.5, 0.6) is 5.75 Å². The van der Waals surface area contributed by atoms with Gasteiger partial charge in [0.25, 0.3) is 0 Å². The Kier molecular flexibility index (Phi) is 3.08. The molecule has 1 aromatic rings. The highest BCUT2D eigenvalue weighted by atomic mass is 16.5. The van der Waals surface area contributed by atoms with Crippen molar-refractivity contribution >= 4 is 11.9 Å². The molecular formula is C11H12N2O4. The number of amides is 3. The molecule has 90 valence electrons. The average molecular weight is 236 g/mol. The van der Waals surface area contributed by atoms with Crippen LogP contribution in [0.2, 0.25) is 0 Å². The molecule has 0 aromatic heterocycles. The number of imide groups is 1. The lowest BCUT2D eigenvalue weighted by molar-refractivity contribution is -0.764. The molecule has 1 aromatic carbocycles. The number of hydrogen-bond donors (Lipinski definition) is 3. The molecule has 6 nitrogen and oxygen atoms in total. The minimum absolute atomic E-state index is 0.0501. The second-order valence-corrected chi connectivity index (χ2v) is 4.01. The fourth-order valence-corrected chi connectivity index (χ4v) is 1.77. The van der Waals surface area contributed by atoms with Gasteiger partial charge in [-0.15, -0.1) is 0 Å². The highest BCUT2D eigenvalue weighted by molar-refractivity contribution is 5.94. The normalized spacial score (nSPS) is 24.5. The van der Waals surface area contributed by atoms with Crippen molar-refractivity contribution < 1.29 is 19.8 Å². The number of carbonyl (C=O) groups is 2. The Hall–Kier alpha value is -1.92. The lowest BCUT2D eigenvalue weighted by Gasteiger charge is -2.29. The fraction of sp³-hybridized carbons (Fsp3) is 0.273. The largest absolute Gasteiger partial charge is 0.625 e. The van der Waals surface area contributed by atoms with Crippen molar-refractivity contribution in [1.29, 1.82) is 0 Å². The minimum atomic E-state index is -0.822. The first kappa shape index (κ1) is 11.6. The third kappa shape index (κ3) is 2.61. The Morgan fingerprint density at radius 2 is 2.00 bits per heavy atom. The van der Waals surface area contributed by atoms with Crippen molar-refractivity contribution in [3.63, 3.8) is 0 Å². The monoisotopic (exact) mass is 236 g/mol. The molecule has 6 heteroatoms. The smallest absolute Gasteiger partial charge is 0.421 e. The predicted molar refractivity (Wildman–Crippen MR) is 58.0 cm³/mol. The lowest BCUT2D eigenvalue weighted by Crippen LogP contribution is -3.14. The van der Waals surface area contributed by atoms with E-state index in [1.54, 1.807) is 12.1 Å². The number of nitrogens with one attached hydrogen (secondary N) is 2. The maximum Gasteiger partial charge on any atom is 0.421 e. The van der Waals surface area contributed by atoms with Gasteiger partial charge in [0.05, 0.1) is 12.5 Å². The van der Waals surface area contributed by atoms with Gasteiger partial charge >= 0.3 is 6.03 Å². The van der Waals surface area contributed by atoms with Crippen LogP contribution >= 0.6 is 0 Å². The van der Waals surface area contributed by atoms with E-state index in [1.165, 1.54) is 12.1 Å². The Morgan fingerprint density at radius 3 is 2.65 bits per heavy atom. The quantitative estimate of drug-likeness (QED) is 0.585. The number of aromatic hydroxyl groups is 1. The molecule has 3 amide bonds. The molecule has 0 bridgehead atoms. The zero-order valence-electron chi connectivity index (χ0n) is 8.97. The topological polar surface area (TPSA) is 93.9 Å². The van der Waals surface area contributed by atoms with Crippen molar-refractivity contribution in [2.24, 2.45) is 5.92 Å². The first-order valence-corrected chi connectivity index (χ1v) is 5.22. The van der Waals surface area contributed by atoms with Crippen LogP contribution in [0.15, 0.2) is 24.3 Å². The van der Waals surface area contributed by atoms with Gasteiger partial charge in [0.1, 0.15) is 5.75 Å². The summed E-state index contributed by atoms with van der Waals surface area (Å²) in [5, 5.41) is 21.8. The molecule has 1 heterocycles. The van der Waals surface area contributed by atoms with Gasteiger partial charge < -0.3 is 10.3 Å². The van der Waals surface area contributed by atoms with Crippen LogP contribution in [-0.2, 0) is 11.2 Å². The Bertz CT molecular complexity index is 443. The van der Waals surface area contributed by atoms with Crippen LogP contribution < -0.4 is 10.4 Å². The van der Waals surface area contributed by atoms with Crippen molar-refractivity contribution in [1.82, 2.24) is 5.32 Å². The number of phenolic OH excluding ortho intramolecular Hbond substituents is 1. The van der Waals surface area contributed by atoms with Gasteiger partial charge in [-0.25, -0.2) is 10.1 Å². The van der Waals surface area contributed by atoms with Gasteiger partial charge in [-0.2, -0.15) is 0 Å². The molecule has 1 saturated heterocycles. The summed E-state index contributed by atoms with van der Waals surface area (Å²) in [7, 11) is 0. The summed E-state index contributed by atoms with van der Waals surface area (Å²) >= 11 is 0. The molecule has 0 spiro atoms. The van der Waals surface area contributed by atoms with Gasteiger partial charge in [-0.3, -0.25) is 9.86 Å². The van der Waals surface area contributed by atoms with Crippen molar-refractivity contribution in [2.45, 2.75) is 6.42 Å². The molecule has 0 radical (unpaired) electrons.